The number of hydrogen-bond acceptors (Lipinski definition) is 6. The number of rotatable bonds is 7. The summed E-state index contributed by atoms with van der Waals surface area (Å²) in [5, 5.41) is 2.63. The maximum absolute atomic E-state index is 12.2. The number of anilines is 1. The van der Waals surface area contributed by atoms with Crippen LogP contribution in [-0.2, 0) is 20.9 Å². The number of carbonyl (C=O) groups is 2. The summed E-state index contributed by atoms with van der Waals surface area (Å²) in [7, 11) is 0. The van der Waals surface area contributed by atoms with E-state index in [1.165, 1.54) is 13.1 Å². The molecule has 2 N–H and O–H groups in total. The summed E-state index contributed by atoms with van der Waals surface area (Å²) in [6.07, 6.45) is 0.0848. The first-order valence-corrected chi connectivity index (χ1v) is 7.92. The Morgan fingerprint density at radius 1 is 1.23 bits per heavy atom. The highest BCUT2D eigenvalue weighted by molar-refractivity contribution is 5.96. The first kappa shape index (κ1) is 19.0. The Labute approximate surface area is 148 Å². The molecule has 138 valence electrons. The number of carbonyl (C=O) groups excluding carboxylic acids is 2. The van der Waals surface area contributed by atoms with Crippen molar-refractivity contribution in [2.45, 2.75) is 26.5 Å². The SMILES string of the molecule is CCOc1ccccc1NC(=O)[C@@H](C)OC(=O)Cn1ccc(=O)[nH]c1=O. The van der Waals surface area contributed by atoms with E-state index in [1.807, 2.05) is 11.9 Å². The third kappa shape index (κ3) is 5.07. The average Bonchev–Trinajstić information content (AvgIpc) is 2.59. The molecule has 0 aliphatic heterocycles. The van der Waals surface area contributed by atoms with Gasteiger partial charge in [-0.15, -0.1) is 0 Å². The predicted molar refractivity (Wildman–Crippen MR) is 93.1 cm³/mol. The van der Waals surface area contributed by atoms with Crippen LogP contribution in [-0.4, -0.2) is 34.1 Å². The van der Waals surface area contributed by atoms with E-state index in [4.69, 9.17) is 9.47 Å². The molecule has 2 rings (SSSR count). The van der Waals surface area contributed by atoms with E-state index in [2.05, 4.69) is 5.32 Å². The van der Waals surface area contributed by atoms with Crippen LogP contribution in [0.25, 0.3) is 0 Å². The van der Waals surface area contributed by atoms with Gasteiger partial charge in [-0.1, -0.05) is 12.1 Å². The molecule has 1 atom stereocenters. The molecule has 0 saturated heterocycles. The number of amides is 1. The van der Waals surface area contributed by atoms with Gasteiger partial charge < -0.3 is 14.8 Å². The minimum absolute atomic E-state index is 0.428. The minimum atomic E-state index is -1.09. The van der Waals surface area contributed by atoms with E-state index in [-0.39, 0.29) is 0 Å². The van der Waals surface area contributed by atoms with Gasteiger partial charge in [0, 0.05) is 12.3 Å². The quantitative estimate of drug-likeness (QED) is 0.693. The van der Waals surface area contributed by atoms with Gasteiger partial charge in [0.15, 0.2) is 6.10 Å². The molecule has 9 nitrogen and oxygen atoms in total. The smallest absolute Gasteiger partial charge is 0.328 e. The molecular weight excluding hydrogens is 342 g/mol. The molecule has 0 bridgehead atoms. The van der Waals surface area contributed by atoms with Gasteiger partial charge in [0.1, 0.15) is 12.3 Å². The highest BCUT2D eigenvalue weighted by atomic mass is 16.5. The second-order valence-corrected chi connectivity index (χ2v) is 5.29. The van der Waals surface area contributed by atoms with Crippen LogP contribution in [0, 0.1) is 0 Å². The maximum atomic E-state index is 12.2. The third-order valence-corrected chi connectivity index (χ3v) is 3.32. The molecule has 0 aliphatic rings. The lowest BCUT2D eigenvalue weighted by atomic mass is 10.2. The molecule has 1 aromatic heterocycles. The Kier molecular flexibility index (Phi) is 6.31. The Morgan fingerprint density at radius 2 is 1.96 bits per heavy atom. The van der Waals surface area contributed by atoms with Gasteiger partial charge in [0.2, 0.25) is 0 Å². The molecule has 0 unspecified atom stereocenters. The van der Waals surface area contributed by atoms with Crippen LogP contribution in [0.5, 0.6) is 5.75 Å². The van der Waals surface area contributed by atoms with Crippen molar-refractivity contribution in [2.75, 3.05) is 11.9 Å². The van der Waals surface area contributed by atoms with Gasteiger partial charge in [-0.25, -0.2) is 4.79 Å². The van der Waals surface area contributed by atoms with Crippen molar-refractivity contribution < 1.29 is 19.1 Å². The van der Waals surface area contributed by atoms with Crippen molar-refractivity contribution in [2.24, 2.45) is 0 Å². The fraction of sp³-hybridized carbons (Fsp3) is 0.294. The molecule has 9 heteroatoms. The molecule has 2 aromatic rings. The van der Waals surface area contributed by atoms with E-state index in [9.17, 15) is 19.2 Å². The van der Waals surface area contributed by atoms with Crippen LogP contribution in [0.2, 0.25) is 0 Å². The van der Waals surface area contributed by atoms with Crippen molar-refractivity contribution in [1.82, 2.24) is 9.55 Å². The Hall–Kier alpha value is -3.36. The Balaban J connectivity index is 1.97. The fourth-order valence-electron chi connectivity index (χ4n) is 2.08. The number of ether oxygens (including phenoxy) is 2. The monoisotopic (exact) mass is 361 g/mol. The van der Waals surface area contributed by atoms with Crippen LogP contribution in [0.3, 0.4) is 0 Å². The first-order valence-electron chi connectivity index (χ1n) is 7.92. The summed E-state index contributed by atoms with van der Waals surface area (Å²) in [5.41, 5.74) is -0.850. The summed E-state index contributed by atoms with van der Waals surface area (Å²) in [6, 6.07) is 7.98. The van der Waals surface area contributed by atoms with Crippen molar-refractivity contribution in [3.8, 4) is 5.75 Å². The molecule has 1 amide bonds. The largest absolute Gasteiger partial charge is 0.492 e. The summed E-state index contributed by atoms with van der Waals surface area (Å²) in [4.78, 5) is 48.7. The summed E-state index contributed by atoms with van der Waals surface area (Å²) < 4.78 is 11.4. The highest BCUT2D eigenvalue weighted by Crippen LogP contribution is 2.23. The standard InChI is InChI=1S/C17H19N3O6/c1-3-25-13-7-5-4-6-12(13)18-16(23)11(2)26-15(22)10-20-9-8-14(21)19-17(20)24/h4-9,11H,3,10H2,1-2H3,(H,18,23)(H,19,21,24)/t11-/m1/s1. The highest BCUT2D eigenvalue weighted by Gasteiger charge is 2.19. The van der Waals surface area contributed by atoms with Gasteiger partial charge in [0.05, 0.1) is 12.3 Å². The summed E-state index contributed by atoms with van der Waals surface area (Å²) in [5.74, 6) is -0.833. The van der Waals surface area contributed by atoms with Crippen molar-refractivity contribution in [3.05, 3.63) is 57.4 Å². The zero-order valence-corrected chi connectivity index (χ0v) is 14.4. The van der Waals surface area contributed by atoms with Gasteiger partial charge in [-0.3, -0.25) is 23.9 Å². The van der Waals surface area contributed by atoms with Gasteiger partial charge in [0.25, 0.3) is 11.5 Å². The summed E-state index contributed by atoms with van der Waals surface area (Å²) >= 11 is 0. The van der Waals surface area contributed by atoms with Crippen LogP contribution in [0.4, 0.5) is 5.69 Å². The Bertz CT molecular complexity index is 902. The number of para-hydroxylation sites is 2. The van der Waals surface area contributed by atoms with E-state index in [0.29, 0.717) is 18.0 Å². The fourth-order valence-corrected chi connectivity index (χ4v) is 2.08. The van der Waals surface area contributed by atoms with Gasteiger partial charge in [-0.2, -0.15) is 0 Å². The molecule has 0 saturated carbocycles. The van der Waals surface area contributed by atoms with Crippen LogP contribution < -0.4 is 21.3 Å². The topological polar surface area (TPSA) is 119 Å². The number of esters is 1. The number of nitrogens with zero attached hydrogens (tertiary/aromatic N) is 1. The predicted octanol–water partition coefficient (Wildman–Crippen LogP) is 0.506. The van der Waals surface area contributed by atoms with Crippen LogP contribution in [0.15, 0.2) is 46.1 Å². The van der Waals surface area contributed by atoms with Crippen molar-refractivity contribution >= 4 is 17.6 Å². The van der Waals surface area contributed by atoms with E-state index >= 15 is 0 Å². The minimum Gasteiger partial charge on any atom is -0.492 e. The van der Waals surface area contributed by atoms with E-state index < -0.39 is 35.8 Å². The van der Waals surface area contributed by atoms with E-state index in [1.54, 1.807) is 24.3 Å². The van der Waals surface area contributed by atoms with Crippen LogP contribution >= 0.6 is 0 Å². The number of nitrogens with one attached hydrogen (secondary N) is 2. The maximum Gasteiger partial charge on any atom is 0.328 e. The second-order valence-electron chi connectivity index (χ2n) is 5.29. The molecule has 0 spiro atoms. The second kappa shape index (κ2) is 8.65. The van der Waals surface area contributed by atoms with Gasteiger partial charge in [-0.05, 0) is 26.0 Å². The molecular formula is C17H19N3O6. The lowest BCUT2D eigenvalue weighted by Crippen LogP contribution is -2.35. The number of aromatic nitrogens is 2. The molecule has 0 aliphatic carbocycles. The molecule has 1 heterocycles. The molecule has 26 heavy (non-hydrogen) atoms. The zero-order valence-electron chi connectivity index (χ0n) is 14.4. The first-order chi connectivity index (χ1) is 12.4. The van der Waals surface area contributed by atoms with Crippen molar-refractivity contribution in [1.29, 1.82) is 0 Å². The molecule has 0 radical (unpaired) electrons. The lowest BCUT2D eigenvalue weighted by molar-refractivity contribution is -0.153. The molecule has 0 fully saturated rings. The average molecular weight is 361 g/mol. The lowest BCUT2D eigenvalue weighted by Gasteiger charge is -2.15. The number of benzene rings is 1. The number of aromatic amines is 1. The van der Waals surface area contributed by atoms with Gasteiger partial charge >= 0.3 is 11.7 Å². The number of H-pyrrole nitrogens is 1. The van der Waals surface area contributed by atoms with E-state index in [0.717, 1.165) is 10.6 Å². The molecule has 1 aromatic carbocycles. The third-order valence-electron chi connectivity index (χ3n) is 3.32. The van der Waals surface area contributed by atoms with Crippen molar-refractivity contribution in [3.63, 3.8) is 0 Å². The number of hydrogen-bond donors (Lipinski definition) is 2. The zero-order chi connectivity index (χ0) is 19.1. The van der Waals surface area contributed by atoms with Crippen LogP contribution in [0.1, 0.15) is 13.8 Å². The normalized spacial score (nSPS) is 11.5. The summed E-state index contributed by atoms with van der Waals surface area (Å²) in [6.45, 7) is 3.24. The Morgan fingerprint density at radius 3 is 2.65 bits per heavy atom.